The van der Waals surface area contributed by atoms with Crippen LogP contribution in [0.5, 0.6) is 0 Å². The number of hydrogen-bond donors (Lipinski definition) is 0. The quantitative estimate of drug-likeness (QED) is 0.449. The molecule has 0 aliphatic carbocycles. The van der Waals surface area contributed by atoms with Gasteiger partial charge in [-0.2, -0.15) is 5.10 Å². The van der Waals surface area contributed by atoms with Gasteiger partial charge in [0.2, 0.25) is 0 Å². The van der Waals surface area contributed by atoms with Gasteiger partial charge in [-0.25, -0.2) is 0 Å². The molecule has 0 spiro atoms. The van der Waals surface area contributed by atoms with Crippen molar-refractivity contribution < 1.29 is 0 Å². The SMILES string of the molecule is C=CN(N=C)C(CC(C)C)CC(C)C. The van der Waals surface area contributed by atoms with Crippen molar-refractivity contribution in [1.29, 1.82) is 0 Å². The summed E-state index contributed by atoms with van der Waals surface area (Å²) >= 11 is 0. The van der Waals surface area contributed by atoms with Crippen molar-refractivity contribution in [2.45, 2.75) is 46.6 Å². The summed E-state index contributed by atoms with van der Waals surface area (Å²) in [5.74, 6) is 1.37. The molecule has 0 aromatic carbocycles. The molecule has 82 valence electrons. The van der Waals surface area contributed by atoms with E-state index in [2.05, 4.69) is 46.1 Å². The van der Waals surface area contributed by atoms with Gasteiger partial charge in [-0.05, 0) is 24.7 Å². The Balaban J connectivity index is 4.35. The maximum absolute atomic E-state index is 3.98. The monoisotopic (exact) mass is 196 g/mol. The largest absolute Gasteiger partial charge is 0.271 e. The van der Waals surface area contributed by atoms with E-state index in [0.29, 0.717) is 17.9 Å². The summed E-state index contributed by atoms with van der Waals surface area (Å²) in [6.45, 7) is 16.3. The Hall–Kier alpha value is -0.790. The topological polar surface area (TPSA) is 15.6 Å². The molecule has 0 rings (SSSR count). The van der Waals surface area contributed by atoms with Crippen molar-refractivity contribution in [2.75, 3.05) is 0 Å². The summed E-state index contributed by atoms with van der Waals surface area (Å²) in [4.78, 5) is 0. The van der Waals surface area contributed by atoms with Crippen LogP contribution < -0.4 is 0 Å². The molecular formula is C12H24N2. The van der Waals surface area contributed by atoms with Crippen molar-refractivity contribution in [3.8, 4) is 0 Å². The Bertz CT molecular complexity index is 155. The van der Waals surface area contributed by atoms with E-state index in [4.69, 9.17) is 0 Å². The molecule has 0 saturated carbocycles. The summed E-state index contributed by atoms with van der Waals surface area (Å²) in [6, 6.07) is 0.449. The first-order valence-electron chi connectivity index (χ1n) is 5.38. The van der Waals surface area contributed by atoms with Crippen molar-refractivity contribution >= 4 is 6.72 Å². The summed E-state index contributed by atoms with van der Waals surface area (Å²) in [6.07, 6.45) is 4.05. The third-order valence-corrected chi connectivity index (χ3v) is 2.21. The van der Waals surface area contributed by atoms with Gasteiger partial charge in [0.25, 0.3) is 0 Å². The van der Waals surface area contributed by atoms with Gasteiger partial charge >= 0.3 is 0 Å². The number of rotatable bonds is 7. The van der Waals surface area contributed by atoms with Crippen LogP contribution in [0.4, 0.5) is 0 Å². The first kappa shape index (κ1) is 13.2. The fourth-order valence-corrected chi connectivity index (χ4v) is 1.72. The summed E-state index contributed by atoms with van der Waals surface area (Å²) in [5, 5.41) is 5.87. The number of hydrogen-bond acceptors (Lipinski definition) is 2. The van der Waals surface area contributed by atoms with Crippen LogP contribution in [0.3, 0.4) is 0 Å². The van der Waals surface area contributed by atoms with Crippen LogP contribution in [-0.4, -0.2) is 17.8 Å². The van der Waals surface area contributed by atoms with Gasteiger partial charge in [0.05, 0.1) is 6.04 Å². The van der Waals surface area contributed by atoms with Crippen molar-refractivity contribution in [3.05, 3.63) is 12.8 Å². The lowest BCUT2D eigenvalue weighted by atomic mass is 9.95. The Morgan fingerprint density at radius 3 is 1.79 bits per heavy atom. The van der Waals surface area contributed by atoms with E-state index in [-0.39, 0.29) is 0 Å². The van der Waals surface area contributed by atoms with Crippen LogP contribution in [0.1, 0.15) is 40.5 Å². The fourth-order valence-electron chi connectivity index (χ4n) is 1.72. The van der Waals surface area contributed by atoms with Gasteiger partial charge in [-0.15, -0.1) is 0 Å². The Morgan fingerprint density at radius 1 is 1.14 bits per heavy atom. The third-order valence-electron chi connectivity index (χ3n) is 2.21. The highest BCUT2D eigenvalue weighted by Gasteiger charge is 2.17. The maximum Gasteiger partial charge on any atom is 0.0523 e. The third kappa shape index (κ3) is 5.05. The lowest BCUT2D eigenvalue weighted by Gasteiger charge is -2.28. The highest BCUT2D eigenvalue weighted by atomic mass is 15.4. The van der Waals surface area contributed by atoms with Crippen LogP contribution in [0.2, 0.25) is 0 Å². The molecule has 2 heteroatoms. The van der Waals surface area contributed by atoms with Crippen LogP contribution in [0, 0.1) is 11.8 Å². The van der Waals surface area contributed by atoms with E-state index < -0.39 is 0 Å². The van der Waals surface area contributed by atoms with Crippen molar-refractivity contribution in [1.82, 2.24) is 5.01 Å². The van der Waals surface area contributed by atoms with E-state index in [1.54, 1.807) is 6.20 Å². The number of nitrogens with zero attached hydrogens (tertiary/aromatic N) is 2. The van der Waals surface area contributed by atoms with Crippen LogP contribution in [-0.2, 0) is 0 Å². The summed E-state index contributed by atoms with van der Waals surface area (Å²) in [5.41, 5.74) is 0. The van der Waals surface area contributed by atoms with Crippen LogP contribution >= 0.6 is 0 Å². The Labute approximate surface area is 88.7 Å². The Morgan fingerprint density at radius 2 is 1.57 bits per heavy atom. The second kappa shape index (κ2) is 6.63. The van der Waals surface area contributed by atoms with Crippen molar-refractivity contribution in [2.24, 2.45) is 16.9 Å². The minimum Gasteiger partial charge on any atom is -0.271 e. The lowest BCUT2D eigenvalue weighted by molar-refractivity contribution is 0.220. The normalized spacial score (nSPS) is 11.1. The molecule has 2 nitrogen and oxygen atoms in total. The van der Waals surface area contributed by atoms with Crippen molar-refractivity contribution in [3.63, 3.8) is 0 Å². The first-order valence-corrected chi connectivity index (χ1v) is 5.38. The molecular weight excluding hydrogens is 172 g/mol. The minimum atomic E-state index is 0.449. The van der Waals surface area contributed by atoms with Gasteiger partial charge in [0, 0.05) is 12.9 Å². The molecule has 0 aromatic rings. The van der Waals surface area contributed by atoms with E-state index in [9.17, 15) is 0 Å². The zero-order valence-corrected chi connectivity index (χ0v) is 10.0. The van der Waals surface area contributed by atoms with Crippen LogP contribution in [0.25, 0.3) is 0 Å². The fraction of sp³-hybridized carbons (Fsp3) is 0.750. The maximum atomic E-state index is 3.98. The molecule has 0 radical (unpaired) electrons. The standard InChI is InChI=1S/C12H24N2/c1-7-14(13-6)12(8-10(2)3)9-11(4)5/h7,10-12H,1,6,8-9H2,2-5H3. The van der Waals surface area contributed by atoms with Gasteiger partial charge < -0.3 is 0 Å². The predicted molar refractivity (Wildman–Crippen MR) is 64.3 cm³/mol. The molecule has 0 unspecified atom stereocenters. The van der Waals surface area contributed by atoms with E-state index >= 15 is 0 Å². The highest BCUT2D eigenvalue weighted by Crippen LogP contribution is 2.19. The van der Waals surface area contributed by atoms with E-state index in [0.717, 1.165) is 12.8 Å². The molecule has 0 aliphatic heterocycles. The molecule has 0 amide bonds. The predicted octanol–water partition coefficient (Wildman–Crippen LogP) is 3.51. The average Bonchev–Trinajstić information content (AvgIpc) is 2.03. The molecule has 0 N–H and O–H groups in total. The molecule has 0 aliphatic rings. The molecule has 0 aromatic heterocycles. The molecule has 14 heavy (non-hydrogen) atoms. The average molecular weight is 196 g/mol. The smallest absolute Gasteiger partial charge is 0.0523 e. The first-order chi connectivity index (χ1) is 6.51. The zero-order valence-electron chi connectivity index (χ0n) is 10.0. The molecule has 0 bridgehead atoms. The second-order valence-corrected chi connectivity index (χ2v) is 4.62. The van der Waals surface area contributed by atoms with E-state index in [1.165, 1.54) is 0 Å². The minimum absolute atomic E-state index is 0.449. The summed E-state index contributed by atoms with van der Waals surface area (Å²) in [7, 11) is 0. The van der Waals surface area contributed by atoms with Gasteiger partial charge in [-0.1, -0.05) is 34.3 Å². The highest BCUT2D eigenvalue weighted by molar-refractivity contribution is 5.22. The lowest BCUT2D eigenvalue weighted by Crippen LogP contribution is -2.28. The molecule has 0 heterocycles. The second-order valence-electron chi connectivity index (χ2n) is 4.62. The van der Waals surface area contributed by atoms with Gasteiger partial charge in [0.1, 0.15) is 0 Å². The van der Waals surface area contributed by atoms with E-state index in [1.807, 2.05) is 5.01 Å². The van der Waals surface area contributed by atoms with Gasteiger partial charge in [-0.3, -0.25) is 5.01 Å². The van der Waals surface area contributed by atoms with Gasteiger partial charge in [0.15, 0.2) is 0 Å². The molecule has 0 atom stereocenters. The molecule has 0 fully saturated rings. The zero-order chi connectivity index (χ0) is 11.1. The number of hydrazone groups is 1. The van der Waals surface area contributed by atoms with Crippen LogP contribution in [0.15, 0.2) is 17.9 Å². The molecule has 0 saturated heterocycles. The Kier molecular flexibility index (Phi) is 6.26. The summed E-state index contributed by atoms with van der Waals surface area (Å²) < 4.78 is 0.